The van der Waals surface area contributed by atoms with Crippen molar-refractivity contribution in [2.24, 2.45) is 0 Å². The Kier molecular flexibility index (Phi) is 5.06. The van der Waals surface area contributed by atoms with Crippen molar-refractivity contribution in [3.8, 4) is 0 Å². The molecule has 1 unspecified atom stereocenters. The smallest absolute Gasteiger partial charge is 0.270 e. The van der Waals surface area contributed by atoms with Gasteiger partial charge in [-0.2, -0.15) is 0 Å². The number of carbonyl (C=O) groups excluding carboxylic acids is 1. The molecule has 5 heteroatoms. The Bertz CT molecular complexity index is 987. The molecule has 5 nitrogen and oxygen atoms in total. The Labute approximate surface area is 165 Å². The number of aryl methyl sites for hydroxylation is 1. The number of nitrogens with zero attached hydrogens (tertiary/aromatic N) is 3. The predicted molar refractivity (Wildman–Crippen MR) is 111 cm³/mol. The average molecular weight is 372 g/mol. The van der Waals surface area contributed by atoms with E-state index in [1.54, 1.807) is 6.07 Å². The summed E-state index contributed by atoms with van der Waals surface area (Å²) in [6.07, 6.45) is 1.74. The van der Waals surface area contributed by atoms with E-state index in [-0.39, 0.29) is 11.9 Å². The number of amides is 1. The van der Waals surface area contributed by atoms with E-state index in [2.05, 4.69) is 57.4 Å². The maximum Gasteiger partial charge on any atom is 0.270 e. The third kappa shape index (κ3) is 3.74. The zero-order valence-electron chi connectivity index (χ0n) is 16.2. The van der Waals surface area contributed by atoms with Crippen LogP contribution in [0.15, 0.2) is 60.7 Å². The number of hydrogen-bond acceptors (Lipinski definition) is 4. The fourth-order valence-electron chi connectivity index (χ4n) is 3.70. The van der Waals surface area contributed by atoms with Crippen LogP contribution < -0.4 is 10.2 Å². The Balaban J connectivity index is 1.52. The molecule has 1 aliphatic heterocycles. The molecule has 0 aliphatic carbocycles. The van der Waals surface area contributed by atoms with Crippen LogP contribution in [0.5, 0.6) is 0 Å². The second-order valence-corrected chi connectivity index (χ2v) is 7.24. The van der Waals surface area contributed by atoms with Crippen LogP contribution in [0.2, 0.25) is 0 Å². The van der Waals surface area contributed by atoms with E-state index in [1.807, 2.05) is 31.2 Å². The van der Waals surface area contributed by atoms with Crippen LogP contribution in [0.4, 0.5) is 11.6 Å². The van der Waals surface area contributed by atoms with Crippen LogP contribution in [0.1, 0.15) is 34.2 Å². The first-order chi connectivity index (χ1) is 13.6. The molecule has 0 spiro atoms. The molecule has 1 N–H and O–H groups in total. The van der Waals surface area contributed by atoms with Crippen molar-refractivity contribution < 1.29 is 4.79 Å². The lowest BCUT2D eigenvalue weighted by Gasteiger charge is -2.23. The van der Waals surface area contributed by atoms with E-state index in [0.29, 0.717) is 18.2 Å². The van der Waals surface area contributed by atoms with Crippen LogP contribution in [0, 0.1) is 6.92 Å². The normalized spacial score (nSPS) is 15.4. The molecule has 4 rings (SSSR count). The number of benzene rings is 2. The molecule has 1 aromatic heterocycles. The first-order valence-electron chi connectivity index (χ1n) is 9.67. The number of fused-ring (bicyclic) bond motifs is 1. The first-order valence-corrected chi connectivity index (χ1v) is 9.67. The highest BCUT2D eigenvalue weighted by atomic mass is 16.1. The minimum atomic E-state index is -0.164. The highest BCUT2D eigenvalue weighted by molar-refractivity contribution is 5.92. The van der Waals surface area contributed by atoms with E-state index in [0.717, 1.165) is 24.2 Å². The van der Waals surface area contributed by atoms with Gasteiger partial charge in [0.1, 0.15) is 5.69 Å². The van der Waals surface area contributed by atoms with Crippen molar-refractivity contribution >= 4 is 17.5 Å². The second kappa shape index (κ2) is 7.80. The molecule has 0 fully saturated rings. The Morgan fingerprint density at radius 1 is 1.11 bits per heavy atom. The first kappa shape index (κ1) is 18.2. The molecule has 1 amide bonds. The molecule has 2 heterocycles. The lowest BCUT2D eigenvalue weighted by molar-refractivity contribution is 0.0949. The highest BCUT2D eigenvalue weighted by Crippen LogP contribution is 2.36. The Morgan fingerprint density at radius 2 is 1.86 bits per heavy atom. The van der Waals surface area contributed by atoms with Crippen molar-refractivity contribution in [2.75, 3.05) is 11.4 Å². The van der Waals surface area contributed by atoms with Gasteiger partial charge in [-0.15, -0.1) is 0 Å². The monoisotopic (exact) mass is 372 g/mol. The zero-order chi connectivity index (χ0) is 19.5. The number of carbonyl (C=O) groups is 1. The van der Waals surface area contributed by atoms with Crippen LogP contribution in [0.25, 0.3) is 0 Å². The van der Waals surface area contributed by atoms with Gasteiger partial charge in [0.05, 0.1) is 0 Å². The molecular weight excluding hydrogens is 348 g/mol. The van der Waals surface area contributed by atoms with Gasteiger partial charge >= 0.3 is 0 Å². The van der Waals surface area contributed by atoms with Crippen molar-refractivity contribution in [1.29, 1.82) is 0 Å². The molecule has 0 radical (unpaired) electrons. The van der Waals surface area contributed by atoms with E-state index >= 15 is 0 Å². The summed E-state index contributed by atoms with van der Waals surface area (Å²) < 4.78 is 0. The lowest BCUT2D eigenvalue weighted by atomic mass is 10.1. The van der Waals surface area contributed by atoms with Gasteiger partial charge in [-0.1, -0.05) is 48.5 Å². The number of nitrogens with one attached hydrogen (secondary N) is 1. The van der Waals surface area contributed by atoms with E-state index in [9.17, 15) is 4.79 Å². The maximum absolute atomic E-state index is 12.7. The molecule has 3 aromatic rings. The van der Waals surface area contributed by atoms with Gasteiger partial charge in [0, 0.05) is 24.0 Å². The van der Waals surface area contributed by atoms with Gasteiger partial charge in [0.2, 0.25) is 5.95 Å². The van der Waals surface area contributed by atoms with Gasteiger partial charge in [-0.3, -0.25) is 4.79 Å². The number of anilines is 2. The quantitative estimate of drug-likeness (QED) is 0.739. The molecule has 0 saturated carbocycles. The Morgan fingerprint density at radius 3 is 2.68 bits per heavy atom. The van der Waals surface area contributed by atoms with Gasteiger partial charge in [0.25, 0.3) is 5.91 Å². The molecule has 0 bridgehead atoms. The highest BCUT2D eigenvalue weighted by Gasteiger charge is 2.29. The fraction of sp³-hybridized carbons (Fsp3) is 0.261. The Hall–Kier alpha value is -3.21. The molecular formula is C23H24N4O. The topological polar surface area (TPSA) is 58.1 Å². The molecule has 142 valence electrons. The van der Waals surface area contributed by atoms with Gasteiger partial charge in [-0.25, -0.2) is 9.97 Å². The van der Waals surface area contributed by atoms with Crippen LogP contribution in [-0.4, -0.2) is 28.5 Å². The largest absolute Gasteiger partial charge is 0.350 e. The molecule has 2 aromatic carbocycles. The average Bonchev–Trinajstić information content (AvgIpc) is 3.04. The summed E-state index contributed by atoms with van der Waals surface area (Å²) in [5.74, 6) is 0.425. The lowest BCUT2D eigenvalue weighted by Crippen LogP contribution is -2.30. The van der Waals surface area contributed by atoms with Crippen LogP contribution in [0.3, 0.4) is 0 Å². The number of rotatable bonds is 5. The minimum Gasteiger partial charge on any atom is -0.350 e. The summed E-state index contributed by atoms with van der Waals surface area (Å²) in [5, 5.41) is 2.98. The third-order valence-corrected chi connectivity index (χ3v) is 5.04. The molecule has 1 aliphatic rings. The number of aromatic nitrogens is 2. The van der Waals surface area contributed by atoms with Crippen molar-refractivity contribution in [2.45, 2.75) is 32.7 Å². The van der Waals surface area contributed by atoms with Crippen LogP contribution in [-0.2, 0) is 12.8 Å². The summed E-state index contributed by atoms with van der Waals surface area (Å²) in [7, 11) is 0. The van der Waals surface area contributed by atoms with Gasteiger partial charge < -0.3 is 10.2 Å². The number of hydrogen-bond donors (Lipinski definition) is 1. The van der Waals surface area contributed by atoms with Crippen molar-refractivity contribution in [1.82, 2.24) is 15.3 Å². The number of para-hydroxylation sites is 1. The fourth-order valence-corrected chi connectivity index (χ4v) is 3.70. The zero-order valence-corrected chi connectivity index (χ0v) is 16.2. The summed E-state index contributed by atoms with van der Waals surface area (Å²) in [5.41, 5.74) is 4.80. The standard InChI is InChI=1S/C23H24N4O/c1-16-14-20(22(28)24-13-12-18-8-4-3-5-9-18)26-23(25-16)27-17(2)15-19-10-6-7-11-21(19)27/h3-11,14,17H,12-13,15H2,1-2H3,(H,24,28). The second-order valence-electron chi connectivity index (χ2n) is 7.24. The van der Waals surface area contributed by atoms with E-state index in [4.69, 9.17) is 0 Å². The molecule has 28 heavy (non-hydrogen) atoms. The summed E-state index contributed by atoms with van der Waals surface area (Å²) >= 11 is 0. The van der Waals surface area contributed by atoms with Crippen LogP contribution >= 0.6 is 0 Å². The predicted octanol–water partition coefficient (Wildman–Crippen LogP) is 3.84. The van der Waals surface area contributed by atoms with E-state index in [1.165, 1.54) is 11.1 Å². The molecule has 1 atom stereocenters. The maximum atomic E-state index is 12.7. The van der Waals surface area contributed by atoms with Crippen molar-refractivity contribution in [3.05, 3.63) is 83.2 Å². The minimum absolute atomic E-state index is 0.164. The summed E-state index contributed by atoms with van der Waals surface area (Å²) in [4.78, 5) is 24.0. The summed E-state index contributed by atoms with van der Waals surface area (Å²) in [6, 6.07) is 20.4. The summed E-state index contributed by atoms with van der Waals surface area (Å²) in [6.45, 7) is 4.63. The van der Waals surface area contributed by atoms with Crippen molar-refractivity contribution in [3.63, 3.8) is 0 Å². The van der Waals surface area contributed by atoms with Gasteiger partial charge in [-0.05, 0) is 49.9 Å². The van der Waals surface area contributed by atoms with Gasteiger partial charge in [0.15, 0.2) is 0 Å². The SMILES string of the molecule is Cc1cc(C(=O)NCCc2ccccc2)nc(N2c3ccccc3CC2C)n1. The molecule has 0 saturated heterocycles. The van der Waals surface area contributed by atoms with E-state index < -0.39 is 0 Å². The third-order valence-electron chi connectivity index (χ3n) is 5.04.